The Kier molecular flexibility index (Phi) is 5.52. The molecule has 140 valence electrons. The molecule has 4 N–H and O–H groups in total. The molecule has 1 aliphatic carbocycles. The number of nitrogens with two attached hydrogens (primary N) is 2. The van der Waals surface area contributed by atoms with Crippen LogP contribution in [-0.2, 0) is 6.18 Å². The van der Waals surface area contributed by atoms with E-state index in [-0.39, 0.29) is 34.6 Å². The first kappa shape index (κ1) is 20.1. The summed E-state index contributed by atoms with van der Waals surface area (Å²) >= 11 is 5.71. The zero-order valence-electron chi connectivity index (χ0n) is 13.1. The highest BCUT2D eigenvalue weighted by Crippen LogP contribution is 2.44. The van der Waals surface area contributed by atoms with Crippen LogP contribution in [0, 0.1) is 0 Å². The van der Waals surface area contributed by atoms with E-state index in [4.69, 9.17) is 23.1 Å². The smallest absolute Gasteiger partial charge is 0.370 e. The maximum absolute atomic E-state index is 13.4. The third-order valence-corrected chi connectivity index (χ3v) is 3.96. The molecule has 0 atom stereocenters. The van der Waals surface area contributed by atoms with Crippen LogP contribution >= 0.6 is 24.0 Å². The van der Waals surface area contributed by atoms with E-state index < -0.39 is 23.6 Å². The molecule has 1 aliphatic rings. The van der Waals surface area contributed by atoms with Crippen LogP contribution in [0.3, 0.4) is 0 Å². The zero-order chi connectivity index (χ0) is 18.4. The van der Waals surface area contributed by atoms with Crippen molar-refractivity contribution in [2.45, 2.75) is 24.9 Å². The minimum absolute atomic E-state index is 0. The molecule has 6 nitrogen and oxygen atoms in total. The Labute approximate surface area is 157 Å². The average molecular weight is 408 g/mol. The molecule has 1 aromatic heterocycles. The summed E-state index contributed by atoms with van der Waals surface area (Å²) in [7, 11) is 0. The van der Waals surface area contributed by atoms with E-state index in [0.29, 0.717) is 5.69 Å². The number of halogens is 5. The summed E-state index contributed by atoms with van der Waals surface area (Å²) in [6, 6.07) is 3.38. The number of hydrogen-bond acceptors (Lipinski definition) is 2. The number of guanidine groups is 1. The third-order valence-electron chi connectivity index (χ3n) is 3.72. The Balaban J connectivity index is 0.00000243. The molecule has 0 unspecified atom stereocenters. The van der Waals surface area contributed by atoms with Crippen molar-refractivity contribution in [3.05, 3.63) is 46.2 Å². The fourth-order valence-corrected chi connectivity index (χ4v) is 2.73. The summed E-state index contributed by atoms with van der Waals surface area (Å²) in [6.07, 6.45) is -1.97. The molecule has 3 rings (SSSR count). The van der Waals surface area contributed by atoms with Crippen LogP contribution in [0.15, 0.2) is 29.4 Å². The van der Waals surface area contributed by atoms with E-state index in [2.05, 4.69) is 10.1 Å². The molecule has 0 aliphatic heterocycles. The van der Waals surface area contributed by atoms with Crippen LogP contribution in [0.5, 0.6) is 0 Å². The van der Waals surface area contributed by atoms with Crippen LogP contribution in [0.2, 0.25) is 5.02 Å². The third kappa shape index (κ3) is 3.94. The normalized spacial score (nSPS) is 13.8. The van der Waals surface area contributed by atoms with E-state index in [0.717, 1.165) is 23.6 Å². The highest BCUT2D eigenvalue weighted by molar-refractivity contribution is 6.30. The minimum Gasteiger partial charge on any atom is -0.370 e. The molecule has 1 aromatic carbocycles. The maximum Gasteiger partial charge on any atom is 0.418 e. The predicted molar refractivity (Wildman–Crippen MR) is 92.9 cm³/mol. The topological polar surface area (TPSA) is 99.3 Å². The Bertz CT molecular complexity index is 871. The predicted octanol–water partition coefficient (Wildman–Crippen LogP) is 3.26. The summed E-state index contributed by atoms with van der Waals surface area (Å²) in [4.78, 5) is 15.6. The number of hydrogen-bond donors (Lipinski definition) is 2. The van der Waals surface area contributed by atoms with Gasteiger partial charge in [0.2, 0.25) is 0 Å². The molecule has 0 radical (unpaired) electrons. The molecule has 0 bridgehead atoms. The number of carbonyl (C=O) groups is 1. The lowest BCUT2D eigenvalue weighted by atomic mass is 10.1. The molecular formula is C15H14Cl2F3N5O. The number of alkyl halides is 3. The van der Waals surface area contributed by atoms with Crippen LogP contribution < -0.4 is 11.5 Å². The van der Waals surface area contributed by atoms with Gasteiger partial charge in [-0.3, -0.25) is 4.79 Å². The number of aliphatic imine (C=N–C) groups is 1. The highest BCUT2D eigenvalue weighted by Gasteiger charge is 2.38. The first-order chi connectivity index (χ1) is 11.7. The van der Waals surface area contributed by atoms with Crippen molar-refractivity contribution in [3.8, 4) is 5.69 Å². The van der Waals surface area contributed by atoms with Crippen molar-refractivity contribution in [1.82, 2.24) is 9.78 Å². The summed E-state index contributed by atoms with van der Waals surface area (Å²) in [5.41, 5.74) is 9.71. The lowest BCUT2D eigenvalue weighted by molar-refractivity contribution is -0.137. The van der Waals surface area contributed by atoms with E-state index in [9.17, 15) is 18.0 Å². The minimum atomic E-state index is -4.63. The van der Waals surface area contributed by atoms with Gasteiger partial charge in [0.25, 0.3) is 5.91 Å². The monoisotopic (exact) mass is 407 g/mol. The SMILES string of the molecule is Cl.NC(N)=NC(=O)c1cnn(-c2ccc(Cl)cc2C(F)(F)F)c1C1CC1. The average Bonchev–Trinajstić information content (AvgIpc) is 3.24. The molecule has 1 saturated carbocycles. The zero-order valence-corrected chi connectivity index (χ0v) is 14.7. The van der Waals surface area contributed by atoms with Crippen molar-refractivity contribution in [2.75, 3.05) is 0 Å². The highest BCUT2D eigenvalue weighted by atomic mass is 35.5. The summed E-state index contributed by atoms with van der Waals surface area (Å²) in [6.45, 7) is 0. The van der Waals surface area contributed by atoms with Gasteiger partial charge in [0, 0.05) is 10.9 Å². The molecule has 1 amide bonds. The van der Waals surface area contributed by atoms with Crippen molar-refractivity contribution < 1.29 is 18.0 Å². The second-order valence-corrected chi connectivity index (χ2v) is 6.07. The molecule has 11 heteroatoms. The van der Waals surface area contributed by atoms with Gasteiger partial charge in [-0.2, -0.15) is 23.3 Å². The van der Waals surface area contributed by atoms with Gasteiger partial charge in [-0.15, -0.1) is 12.4 Å². The van der Waals surface area contributed by atoms with Gasteiger partial charge in [0.1, 0.15) is 0 Å². The van der Waals surface area contributed by atoms with Crippen molar-refractivity contribution in [3.63, 3.8) is 0 Å². The molecule has 0 spiro atoms. The van der Waals surface area contributed by atoms with E-state index >= 15 is 0 Å². The van der Waals surface area contributed by atoms with Gasteiger partial charge >= 0.3 is 6.18 Å². The van der Waals surface area contributed by atoms with E-state index in [1.807, 2.05) is 0 Å². The van der Waals surface area contributed by atoms with Crippen molar-refractivity contribution >= 4 is 35.9 Å². The number of carbonyl (C=O) groups excluding carboxylic acids is 1. The number of nitrogens with zero attached hydrogens (tertiary/aromatic N) is 3. The van der Waals surface area contributed by atoms with E-state index in [1.165, 1.54) is 18.3 Å². The second kappa shape index (κ2) is 7.16. The summed E-state index contributed by atoms with van der Waals surface area (Å²) in [5.74, 6) is -1.25. The van der Waals surface area contributed by atoms with Gasteiger partial charge in [-0.25, -0.2) is 4.68 Å². The molecule has 1 heterocycles. The van der Waals surface area contributed by atoms with Crippen LogP contribution in [0.4, 0.5) is 13.2 Å². The number of aromatic nitrogens is 2. The fraction of sp³-hybridized carbons (Fsp3) is 0.267. The van der Waals surface area contributed by atoms with Gasteiger partial charge < -0.3 is 11.5 Å². The maximum atomic E-state index is 13.4. The second-order valence-electron chi connectivity index (χ2n) is 5.63. The Morgan fingerprint density at radius 2 is 1.96 bits per heavy atom. The number of amides is 1. The van der Waals surface area contributed by atoms with Gasteiger partial charge in [0.15, 0.2) is 5.96 Å². The van der Waals surface area contributed by atoms with Gasteiger partial charge in [0.05, 0.1) is 28.7 Å². The summed E-state index contributed by atoms with van der Waals surface area (Å²) in [5, 5.41) is 3.93. The summed E-state index contributed by atoms with van der Waals surface area (Å²) < 4.78 is 41.3. The molecule has 0 saturated heterocycles. The molecule has 2 aromatic rings. The van der Waals surface area contributed by atoms with E-state index in [1.54, 1.807) is 0 Å². The quantitative estimate of drug-likeness (QED) is 0.602. The van der Waals surface area contributed by atoms with Crippen LogP contribution in [0.25, 0.3) is 5.69 Å². The first-order valence-corrected chi connectivity index (χ1v) is 7.65. The van der Waals surface area contributed by atoms with Gasteiger partial charge in [-0.1, -0.05) is 11.6 Å². The molecule has 26 heavy (non-hydrogen) atoms. The van der Waals surface area contributed by atoms with Crippen molar-refractivity contribution in [1.29, 1.82) is 0 Å². The van der Waals surface area contributed by atoms with Crippen LogP contribution in [0.1, 0.15) is 40.4 Å². The number of benzene rings is 1. The molecular weight excluding hydrogens is 394 g/mol. The molecule has 1 fully saturated rings. The lowest BCUT2D eigenvalue weighted by Crippen LogP contribution is -2.24. The van der Waals surface area contributed by atoms with Gasteiger partial charge in [-0.05, 0) is 31.0 Å². The Morgan fingerprint density at radius 3 is 2.50 bits per heavy atom. The largest absolute Gasteiger partial charge is 0.418 e. The Morgan fingerprint density at radius 1 is 1.31 bits per heavy atom. The van der Waals surface area contributed by atoms with Crippen molar-refractivity contribution in [2.24, 2.45) is 16.5 Å². The lowest BCUT2D eigenvalue weighted by Gasteiger charge is -2.15. The number of rotatable bonds is 3. The Hall–Kier alpha value is -2.26. The fourth-order valence-electron chi connectivity index (χ4n) is 2.56. The first-order valence-electron chi connectivity index (χ1n) is 7.27. The van der Waals surface area contributed by atoms with Crippen LogP contribution in [-0.4, -0.2) is 21.6 Å². The standard InChI is InChI=1S/C15H13ClF3N5O.ClH/c16-8-3-4-11(10(5-8)15(17,18)19)24-12(7-1-2-7)9(6-22-24)13(25)23-14(20)21;/h3-7H,1-2H2,(H4,20,21,23,25);1H.